The van der Waals surface area contributed by atoms with Crippen molar-refractivity contribution in [3.05, 3.63) is 17.7 Å². The molecule has 0 bridgehead atoms. The number of methoxy groups -OCH3 is 1. The van der Waals surface area contributed by atoms with Gasteiger partial charge in [-0.1, -0.05) is 34.1 Å². The highest BCUT2D eigenvalue weighted by Crippen LogP contribution is 2.33. The molecule has 1 aromatic heterocycles. The molecule has 0 unspecified atom stereocenters. The van der Waals surface area contributed by atoms with Gasteiger partial charge in [0.05, 0.1) is 13.2 Å². The average Bonchev–Trinajstić information content (AvgIpc) is 3.19. The molecular weight excluding hydrogens is 320 g/mol. The van der Waals surface area contributed by atoms with Crippen molar-refractivity contribution >= 4 is 12.0 Å². The van der Waals surface area contributed by atoms with E-state index in [1.807, 2.05) is 31.9 Å². The molecular formula is C18H30N4O3. The molecule has 1 saturated heterocycles. The monoisotopic (exact) mass is 350 g/mol. The van der Waals surface area contributed by atoms with Crippen LogP contribution < -0.4 is 5.32 Å². The van der Waals surface area contributed by atoms with Crippen LogP contribution in [0.15, 0.2) is 6.20 Å². The number of aryl methyl sites for hydroxylation is 1. The van der Waals surface area contributed by atoms with Gasteiger partial charge in [-0.2, -0.15) is 0 Å². The number of carbonyl (C=O) groups excluding carboxylic acids is 2. The summed E-state index contributed by atoms with van der Waals surface area (Å²) in [6.45, 7) is 8.59. The standard InChI is InChI=1S/C18H30N4O3/c1-6-8-12-11-19-15(20-12)13-9-7-10-22(13)16(23)14(18(2,3)4)21-17(24)25-5/h11,13-14H,6-10H2,1-5H3,(H,19,20)(H,21,24)/t13-,14+/m0/s1. The second-order valence-electron chi connectivity index (χ2n) is 7.67. The normalized spacial score (nSPS) is 18.9. The van der Waals surface area contributed by atoms with Gasteiger partial charge >= 0.3 is 6.09 Å². The largest absolute Gasteiger partial charge is 0.453 e. The Morgan fingerprint density at radius 1 is 1.48 bits per heavy atom. The Kier molecular flexibility index (Phi) is 6.08. The molecule has 2 heterocycles. The first-order valence-electron chi connectivity index (χ1n) is 8.96. The van der Waals surface area contributed by atoms with Crippen molar-refractivity contribution < 1.29 is 14.3 Å². The molecule has 140 valence electrons. The molecule has 2 N–H and O–H groups in total. The van der Waals surface area contributed by atoms with Crippen LogP contribution in [0.3, 0.4) is 0 Å². The van der Waals surface area contributed by atoms with Gasteiger partial charge in [0.15, 0.2) is 0 Å². The summed E-state index contributed by atoms with van der Waals surface area (Å²) in [5.74, 6) is 0.744. The Morgan fingerprint density at radius 2 is 2.20 bits per heavy atom. The second-order valence-corrected chi connectivity index (χ2v) is 7.67. The Balaban J connectivity index is 2.20. The number of rotatable bonds is 5. The second kappa shape index (κ2) is 7.89. The molecule has 25 heavy (non-hydrogen) atoms. The van der Waals surface area contributed by atoms with Crippen LogP contribution in [0.25, 0.3) is 0 Å². The first kappa shape index (κ1) is 19.3. The number of carbonyl (C=O) groups is 2. The molecule has 2 amide bonds. The summed E-state index contributed by atoms with van der Waals surface area (Å²) in [7, 11) is 1.30. The maximum Gasteiger partial charge on any atom is 0.407 e. The van der Waals surface area contributed by atoms with Gasteiger partial charge in [-0.15, -0.1) is 0 Å². The van der Waals surface area contributed by atoms with Crippen LogP contribution in [-0.2, 0) is 16.0 Å². The average molecular weight is 350 g/mol. The number of hydrogen-bond acceptors (Lipinski definition) is 4. The van der Waals surface area contributed by atoms with E-state index in [0.717, 1.165) is 37.2 Å². The third kappa shape index (κ3) is 4.52. The van der Waals surface area contributed by atoms with Gasteiger partial charge in [0.2, 0.25) is 5.91 Å². The minimum Gasteiger partial charge on any atom is -0.453 e. The fourth-order valence-corrected chi connectivity index (χ4v) is 3.25. The molecule has 1 aliphatic heterocycles. The van der Waals surface area contributed by atoms with Crippen molar-refractivity contribution in [2.45, 2.75) is 65.5 Å². The van der Waals surface area contributed by atoms with Crippen LogP contribution >= 0.6 is 0 Å². The predicted molar refractivity (Wildman–Crippen MR) is 95.1 cm³/mol. The molecule has 0 saturated carbocycles. The number of aromatic nitrogens is 2. The van der Waals surface area contributed by atoms with Gasteiger partial charge in [0.25, 0.3) is 0 Å². The number of aromatic amines is 1. The molecule has 0 spiro atoms. The smallest absolute Gasteiger partial charge is 0.407 e. The third-order valence-electron chi connectivity index (χ3n) is 4.58. The fraction of sp³-hybridized carbons (Fsp3) is 0.722. The minimum atomic E-state index is -0.648. The molecule has 1 fully saturated rings. The van der Waals surface area contributed by atoms with Crippen molar-refractivity contribution in [1.82, 2.24) is 20.2 Å². The van der Waals surface area contributed by atoms with Crippen LogP contribution in [0.1, 0.15) is 64.5 Å². The van der Waals surface area contributed by atoms with Crippen molar-refractivity contribution in [3.8, 4) is 0 Å². The van der Waals surface area contributed by atoms with Gasteiger partial charge in [-0.05, 0) is 24.7 Å². The van der Waals surface area contributed by atoms with Crippen molar-refractivity contribution in [2.75, 3.05) is 13.7 Å². The fourth-order valence-electron chi connectivity index (χ4n) is 3.25. The van der Waals surface area contributed by atoms with E-state index < -0.39 is 17.6 Å². The molecule has 2 rings (SSSR count). The number of ether oxygens (including phenoxy) is 1. The lowest BCUT2D eigenvalue weighted by Crippen LogP contribution is -2.54. The SMILES string of the molecule is CCCc1cnc([C@@H]2CCCN2C(=O)[C@@H](NC(=O)OC)C(C)(C)C)[nH]1. The minimum absolute atomic E-state index is 0.0672. The number of H-pyrrole nitrogens is 1. The van der Waals surface area contributed by atoms with Crippen molar-refractivity contribution in [2.24, 2.45) is 5.41 Å². The summed E-state index contributed by atoms with van der Waals surface area (Å²) in [6, 6.07) is -0.715. The summed E-state index contributed by atoms with van der Waals surface area (Å²) in [4.78, 5) is 34.5. The maximum atomic E-state index is 13.2. The lowest BCUT2D eigenvalue weighted by atomic mass is 9.85. The third-order valence-corrected chi connectivity index (χ3v) is 4.58. The Morgan fingerprint density at radius 3 is 2.80 bits per heavy atom. The molecule has 0 aliphatic carbocycles. The van der Waals surface area contributed by atoms with Crippen molar-refractivity contribution in [3.63, 3.8) is 0 Å². The van der Waals surface area contributed by atoms with Crippen LogP contribution in [-0.4, -0.2) is 46.6 Å². The van der Waals surface area contributed by atoms with Crippen LogP contribution in [0.2, 0.25) is 0 Å². The zero-order valence-corrected chi connectivity index (χ0v) is 15.9. The summed E-state index contributed by atoms with van der Waals surface area (Å²) in [5, 5.41) is 2.70. The molecule has 1 aliphatic rings. The lowest BCUT2D eigenvalue weighted by molar-refractivity contribution is -0.137. The number of nitrogens with zero attached hydrogens (tertiary/aromatic N) is 2. The van der Waals surface area contributed by atoms with E-state index in [0.29, 0.717) is 6.54 Å². The van der Waals surface area contributed by atoms with Gasteiger partial charge in [0.1, 0.15) is 11.9 Å². The topological polar surface area (TPSA) is 87.3 Å². The molecule has 7 nitrogen and oxygen atoms in total. The number of hydrogen-bond donors (Lipinski definition) is 2. The zero-order chi connectivity index (χ0) is 18.6. The Hall–Kier alpha value is -2.05. The summed E-state index contributed by atoms with van der Waals surface area (Å²) in [6.07, 6.45) is 5.06. The Bertz CT molecular complexity index is 606. The first-order chi connectivity index (χ1) is 11.8. The molecule has 0 aromatic carbocycles. The van der Waals surface area contributed by atoms with Crippen LogP contribution in [0.4, 0.5) is 4.79 Å². The van der Waals surface area contributed by atoms with Gasteiger partial charge in [-0.3, -0.25) is 4.79 Å². The van der Waals surface area contributed by atoms with E-state index in [2.05, 4.69) is 22.2 Å². The van der Waals surface area contributed by atoms with Crippen LogP contribution in [0.5, 0.6) is 0 Å². The number of likely N-dealkylation sites (tertiary alicyclic amines) is 1. The van der Waals surface area contributed by atoms with Gasteiger partial charge in [0, 0.05) is 18.4 Å². The maximum absolute atomic E-state index is 13.2. The molecule has 0 radical (unpaired) electrons. The number of alkyl carbamates (subject to hydrolysis) is 1. The van der Waals surface area contributed by atoms with Gasteiger partial charge < -0.3 is 19.9 Å². The summed E-state index contributed by atoms with van der Waals surface area (Å²) in [5.41, 5.74) is 0.673. The number of imidazole rings is 1. The quantitative estimate of drug-likeness (QED) is 0.855. The van der Waals surface area contributed by atoms with E-state index in [9.17, 15) is 9.59 Å². The number of amides is 2. The van der Waals surface area contributed by atoms with E-state index >= 15 is 0 Å². The van der Waals surface area contributed by atoms with Crippen LogP contribution in [0, 0.1) is 5.41 Å². The lowest BCUT2D eigenvalue weighted by Gasteiger charge is -2.35. The van der Waals surface area contributed by atoms with E-state index in [-0.39, 0.29) is 11.9 Å². The highest BCUT2D eigenvalue weighted by Gasteiger charge is 2.41. The van der Waals surface area contributed by atoms with Gasteiger partial charge in [-0.25, -0.2) is 9.78 Å². The van der Waals surface area contributed by atoms with E-state index in [4.69, 9.17) is 4.74 Å². The predicted octanol–water partition coefficient (Wildman–Crippen LogP) is 2.80. The molecule has 1 aromatic rings. The van der Waals surface area contributed by atoms with E-state index in [1.165, 1.54) is 7.11 Å². The first-order valence-corrected chi connectivity index (χ1v) is 8.96. The summed E-state index contributed by atoms with van der Waals surface area (Å²) >= 11 is 0. The zero-order valence-electron chi connectivity index (χ0n) is 15.9. The number of nitrogens with one attached hydrogen (secondary N) is 2. The molecule has 7 heteroatoms. The summed E-state index contributed by atoms with van der Waals surface area (Å²) < 4.78 is 4.69. The molecule has 2 atom stereocenters. The van der Waals surface area contributed by atoms with E-state index in [1.54, 1.807) is 0 Å². The highest BCUT2D eigenvalue weighted by atomic mass is 16.5. The highest BCUT2D eigenvalue weighted by molar-refractivity contribution is 5.87. The van der Waals surface area contributed by atoms with Crippen molar-refractivity contribution in [1.29, 1.82) is 0 Å². The Labute approximate surface area is 149 Å².